The van der Waals surface area contributed by atoms with Crippen LogP contribution in [-0.4, -0.2) is 72.6 Å². The summed E-state index contributed by atoms with van der Waals surface area (Å²) in [4.78, 5) is 33.3. The van der Waals surface area contributed by atoms with E-state index in [-0.39, 0.29) is 35.1 Å². The van der Waals surface area contributed by atoms with Crippen LogP contribution in [-0.2, 0) is 4.74 Å². The molecule has 39 heavy (non-hydrogen) atoms. The minimum absolute atomic E-state index is 0.0347. The topological polar surface area (TPSA) is 92.7 Å². The Morgan fingerprint density at radius 2 is 1.87 bits per heavy atom. The maximum Gasteiger partial charge on any atom is 0.410 e. The molecule has 0 bridgehead atoms. The van der Waals surface area contributed by atoms with Crippen molar-refractivity contribution in [1.82, 2.24) is 15.1 Å². The van der Waals surface area contributed by atoms with Gasteiger partial charge in [0.1, 0.15) is 28.5 Å². The largest absolute Gasteiger partial charge is 0.496 e. The summed E-state index contributed by atoms with van der Waals surface area (Å²) < 4.78 is 42.4. The monoisotopic (exact) mass is 542 g/mol. The number of amidine groups is 1. The normalized spacial score (nSPS) is 19.0. The lowest BCUT2D eigenvalue weighted by Gasteiger charge is -2.41. The maximum atomic E-state index is 13.3. The summed E-state index contributed by atoms with van der Waals surface area (Å²) in [6, 6.07) is 3.11. The van der Waals surface area contributed by atoms with Crippen molar-refractivity contribution in [3.05, 3.63) is 53.3 Å². The SMILES string of the molecule is COc1cc(C2=CCN=C3C=C(C4CN(C(=O)OC(C)(C)C)C4)C=CN23)cc(OC(F)F)c1C(=O)NC1CC1. The van der Waals surface area contributed by atoms with Crippen LogP contribution >= 0.6 is 0 Å². The van der Waals surface area contributed by atoms with Crippen LogP contribution in [0.1, 0.15) is 49.5 Å². The molecule has 9 nitrogen and oxygen atoms in total. The van der Waals surface area contributed by atoms with Gasteiger partial charge in [0.15, 0.2) is 0 Å². The second-order valence-electron chi connectivity index (χ2n) is 10.9. The number of nitrogens with one attached hydrogen (secondary N) is 1. The van der Waals surface area contributed by atoms with Crippen molar-refractivity contribution in [2.24, 2.45) is 10.9 Å². The Labute approximate surface area is 225 Å². The van der Waals surface area contributed by atoms with Gasteiger partial charge in [-0.05, 0) is 69.5 Å². The van der Waals surface area contributed by atoms with E-state index in [0.29, 0.717) is 36.7 Å². The Hall–Kier alpha value is -3.89. The second-order valence-corrected chi connectivity index (χ2v) is 10.9. The van der Waals surface area contributed by atoms with E-state index in [1.807, 2.05) is 50.1 Å². The average Bonchev–Trinajstić information content (AvgIpc) is 3.64. The van der Waals surface area contributed by atoms with E-state index in [9.17, 15) is 18.4 Å². The van der Waals surface area contributed by atoms with Crippen LogP contribution in [0.4, 0.5) is 13.6 Å². The first-order valence-electron chi connectivity index (χ1n) is 12.9. The van der Waals surface area contributed by atoms with E-state index in [4.69, 9.17) is 14.2 Å². The molecule has 208 valence electrons. The van der Waals surface area contributed by atoms with Crippen LogP contribution in [0, 0.1) is 5.92 Å². The molecule has 1 aliphatic carbocycles. The van der Waals surface area contributed by atoms with Crippen LogP contribution in [0.25, 0.3) is 5.70 Å². The minimum Gasteiger partial charge on any atom is -0.496 e. The summed E-state index contributed by atoms with van der Waals surface area (Å²) in [7, 11) is 1.39. The molecule has 1 saturated heterocycles. The van der Waals surface area contributed by atoms with Gasteiger partial charge in [-0.2, -0.15) is 8.78 Å². The number of methoxy groups -OCH3 is 1. The zero-order valence-corrected chi connectivity index (χ0v) is 22.4. The number of fused-ring (bicyclic) bond motifs is 1. The molecule has 0 atom stereocenters. The Morgan fingerprint density at radius 1 is 1.15 bits per heavy atom. The number of carbonyl (C=O) groups is 2. The molecule has 0 spiro atoms. The fourth-order valence-electron chi connectivity index (χ4n) is 4.63. The third-order valence-corrected chi connectivity index (χ3v) is 6.70. The van der Waals surface area contributed by atoms with Gasteiger partial charge in [0.2, 0.25) is 0 Å². The highest BCUT2D eigenvalue weighted by Gasteiger charge is 2.36. The molecular weight excluding hydrogens is 510 g/mol. The molecule has 1 aromatic rings. The second kappa shape index (κ2) is 10.3. The fourth-order valence-corrected chi connectivity index (χ4v) is 4.63. The number of hydrogen-bond donors (Lipinski definition) is 1. The number of amides is 2. The van der Waals surface area contributed by atoms with E-state index in [1.165, 1.54) is 13.2 Å². The molecule has 1 aromatic carbocycles. The molecule has 2 fully saturated rings. The Bertz CT molecular complexity index is 1290. The first-order valence-corrected chi connectivity index (χ1v) is 12.9. The lowest BCUT2D eigenvalue weighted by Crippen LogP contribution is -2.52. The van der Waals surface area contributed by atoms with Gasteiger partial charge < -0.3 is 29.3 Å². The Morgan fingerprint density at radius 3 is 2.51 bits per heavy atom. The third kappa shape index (κ3) is 5.91. The molecule has 2 amide bonds. The van der Waals surface area contributed by atoms with Crippen molar-refractivity contribution in [2.45, 2.75) is 51.9 Å². The van der Waals surface area contributed by atoms with Crippen LogP contribution in [0.15, 0.2) is 47.1 Å². The smallest absolute Gasteiger partial charge is 0.410 e. The predicted octanol–water partition coefficient (Wildman–Crippen LogP) is 4.56. The van der Waals surface area contributed by atoms with Crippen molar-refractivity contribution < 1.29 is 32.6 Å². The summed E-state index contributed by atoms with van der Waals surface area (Å²) in [5.74, 6) is 0.217. The minimum atomic E-state index is -3.11. The zero-order chi connectivity index (χ0) is 27.9. The molecular formula is C28H32F2N4O5. The molecule has 0 unspecified atom stereocenters. The number of halogens is 2. The number of rotatable bonds is 7. The standard InChI is InChI=1S/C28H32F2N4O5/c1-28(2,3)39-27(36)33-14-18(15-33)16-8-10-34-20(7-9-31-23(34)13-16)17-11-21(37-4)24(22(12-17)38-26(29)30)25(35)32-19-5-6-19/h7-8,10-13,18-19,26H,5-6,9,14-15H2,1-4H3,(H,32,35). The van der Waals surface area contributed by atoms with Crippen molar-refractivity contribution in [3.8, 4) is 11.5 Å². The molecule has 3 aliphatic heterocycles. The number of likely N-dealkylation sites (tertiary alicyclic amines) is 1. The lowest BCUT2D eigenvalue weighted by atomic mass is 9.89. The number of carbonyl (C=O) groups excluding carboxylic acids is 2. The van der Waals surface area contributed by atoms with E-state index < -0.39 is 18.1 Å². The average molecular weight is 543 g/mol. The molecule has 0 radical (unpaired) electrons. The highest BCUT2D eigenvalue weighted by molar-refractivity contribution is 6.04. The van der Waals surface area contributed by atoms with Gasteiger partial charge in [0.25, 0.3) is 5.91 Å². The van der Waals surface area contributed by atoms with Crippen LogP contribution in [0.3, 0.4) is 0 Å². The van der Waals surface area contributed by atoms with E-state index in [0.717, 1.165) is 18.4 Å². The molecule has 1 saturated carbocycles. The zero-order valence-electron chi connectivity index (χ0n) is 22.4. The highest BCUT2D eigenvalue weighted by Crippen LogP contribution is 2.38. The van der Waals surface area contributed by atoms with Gasteiger partial charge in [0, 0.05) is 36.8 Å². The number of alkyl halides is 2. The van der Waals surface area contributed by atoms with Crippen molar-refractivity contribution >= 4 is 23.5 Å². The quantitative estimate of drug-likeness (QED) is 0.543. The summed E-state index contributed by atoms with van der Waals surface area (Å²) in [6.45, 7) is 3.88. The van der Waals surface area contributed by atoms with Gasteiger partial charge in [-0.25, -0.2) is 4.79 Å². The van der Waals surface area contributed by atoms with Crippen LogP contribution in [0.2, 0.25) is 0 Å². The van der Waals surface area contributed by atoms with Gasteiger partial charge in [-0.15, -0.1) is 0 Å². The molecule has 4 aliphatic rings. The summed E-state index contributed by atoms with van der Waals surface area (Å²) in [5.41, 5.74) is 1.67. The summed E-state index contributed by atoms with van der Waals surface area (Å²) >= 11 is 0. The number of allylic oxidation sites excluding steroid dienone is 1. The molecule has 1 N–H and O–H groups in total. The number of aliphatic imine (C=N–C) groups is 1. The van der Waals surface area contributed by atoms with E-state index >= 15 is 0 Å². The van der Waals surface area contributed by atoms with Gasteiger partial charge >= 0.3 is 12.7 Å². The fraction of sp³-hybridized carbons (Fsp3) is 0.464. The van der Waals surface area contributed by atoms with Crippen molar-refractivity contribution in [3.63, 3.8) is 0 Å². The number of hydrogen-bond acceptors (Lipinski definition) is 7. The summed E-state index contributed by atoms with van der Waals surface area (Å²) in [5, 5.41) is 2.81. The van der Waals surface area contributed by atoms with Gasteiger partial charge in [0.05, 0.1) is 19.4 Å². The van der Waals surface area contributed by atoms with Crippen molar-refractivity contribution in [2.75, 3.05) is 26.7 Å². The van der Waals surface area contributed by atoms with Gasteiger partial charge in [-0.1, -0.05) is 0 Å². The summed E-state index contributed by atoms with van der Waals surface area (Å²) in [6.07, 6.45) is 9.03. The van der Waals surface area contributed by atoms with Gasteiger partial charge in [-0.3, -0.25) is 9.79 Å². The Kier molecular flexibility index (Phi) is 7.09. The van der Waals surface area contributed by atoms with Crippen molar-refractivity contribution in [1.29, 1.82) is 0 Å². The molecule has 5 rings (SSSR count). The van der Waals surface area contributed by atoms with Crippen LogP contribution in [0.5, 0.6) is 11.5 Å². The molecule has 11 heteroatoms. The molecule has 3 heterocycles. The van der Waals surface area contributed by atoms with E-state index in [1.54, 1.807) is 11.0 Å². The molecule has 0 aromatic heterocycles. The highest BCUT2D eigenvalue weighted by atomic mass is 19.3. The first-order chi connectivity index (χ1) is 18.5. The van der Waals surface area contributed by atoms with E-state index in [2.05, 4.69) is 10.3 Å². The number of benzene rings is 1. The maximum absolute atomic E-state index is 13.3. The number of nitrogens with zero attached hydrogens (tertiary/aromatic N) is 3. The third-order valence-electron chi connectivity index (χ3n) is 6.70. The first kappa shape index (κ1) is 26.7. The lowest BCUT2D eigenvalue weighted by molar-refractivity contribution is -0.0502. The number of ether oxygens (including phenoxy) is 3. The Balaban J connectivity index is 1.35. The van der Waals surface area contributed by atoms with Crippen LogP contribution < -0.4 is 14.8 Å². The predicted molar refractivity (Wildman–Crippen MR) is 141 cm³/mol.